The smallest absolute Gasteiger partial charge is 0.306 e. The Kier molecular flexibility index (Phi) is 8.34. The molecule has 0 saturated carbocycles. The highest BCUT2D eigenvalue weighted by Gasteiger charge is 2.09. The Hall–Kier alpha value is -0.360. The first-order chi connectivity index (χ1) is 8.29. The number of rotatable bonds is 0. The minimum atomic E-state index is -0.313. The second-order valence-electron chi connectivity index (χ2n) is 3.52. The van der Waals surface area contributed by atoms with E-state index >= 15 is 0 Å². The lowest BCUT2D eigenvalue weighted by Crippen LogP contribution is -2.12. The summed E-state index contributed by atoms with van der Waals surface area (Å²) in [7, 11) is 0. The van der Waals surface area contributed by atoms with Crippen LogP contribution in [0.15, 0.2) is 0 Å². The highest BCUT2D eigenvalue weighted by molar-refractivity contribution is 8.00. The molecule has 0 aromatic heterocycles. The molecule has 0 spiro atoms. The third-order valence-corrected chi connectivity index (χ3v) is 4.16. The summed E-state index contributed by atoms with van der Waals surface area (Å²) >= 11 is 3.60. The monoisotopic (exact) mass is 278 g/mol. The molecule has 0 bridgehead atoms. The lowest BCUT2D eigenvalue weighted by Gasteiger charge is -2.04. The first-order valence-electron chi connectivity index (χ1n) is 5.76. The third-order valence-electron chi connectivity index (χ3n) is 2.09. The van der Waals surface area contributed by atoms with Gasteiger partial charge in [0.2, 0.25) is 0 Å². The van der Waals surface area contributed by atoms with E-state index < -0.39 is 0 Å². The number of ether oxygens (including phenoxy) is 2. The molecule has 0 N–H and O–H groups in total. The van der Waals surface area contributed by atoms with Gasteiger partial charge in [-0.3, -0.25) is 9.59 Å². The number of hydrogen-bond donors (Lipinski definition) is 0. The van der Waals surface area contributed by atoms with Crippen LogP contribution in [0.3, 0.4) is 0 Å². The van der Waals surface area contributed by atoms with Gasteiger partial charge in [0.15, 0.2) is 0 Å². The predicted octanol–water partition coefficient (Wildman–Crippen LogP) is 1.72. The maximum absolute atomic E-state index is 11.2. The van der Waals surface area contributed by atoms with Gasteiger partial charge in [-0.2, -0.15) is 23.5 Å². The van der Waals surface area contributed by atoms with Gasteiger partial charge in [-0.05, 0) is 17.9 Å². The Morgan fingerprint density at radius 2 is 1.24 bits per heavy atom. The van der Waals surface area contributed by atoms with Crippen LogP contribution in [0.5, 0.6) is 0 Å². The molecular weight excluding hydrogens is 260 g/mol. The average molecular weight is 278 g/mol. The maximum Gasteiger partial charge on any atom is 0.306 e. The molecular formula is C11H18O4S2. The van der Waals surface area contributed by atoms with Crippen molar-refractivity contribution in [3.63, 3.8) is 0 Å². The Labute approximate surface area is 110 Å². The second-order valence-corrected chi connectivity index (χ2v) is 5.97. The minimum absolute atomic E-state index is 0.122. The van der Waals surface area contributed by atoms with Crippen molar-refractivity contribution in [2.24, 2.45) is 0 Å². The molecule has 1 saturated heterocycles. The van der Waals surface area contributed by atoms with Crippen molar-refractivity contribution < 1.29 is 19.1 Å². The maximum atomic E-state index is 11.2. The van der Waals surface area contributed by atoms with Gasteiger partial charge < -0.3 is 9.47 Å². The van der Waals surface area contributed by atoms with E-state index in [0.29, 0.717) is 13.2 Å². The first kappa shape index (κ1) is 14.7. The van der Waals surface area contributed by atoms with Crippen LogP contribution >= 0.6 is 23.5 Å². The fourth-order valence-corrected chi connectivity index (χ4v) is 2.93. The van der Waals surface area contributed by atoms with Crippen LogP contribution in [0, 0.1) is 0 Å². The van der Waals surface area contributed by atoms with Crippen molar-refractivity contribution in [2.75, 3.05) is 36.2 Å². The first-order valence-corrected chi connectivity index (χ1v) is 8.07. The zero-order chi connectivity index (χ0) is 12.3. The Balaban J connectivity index is 2.25. The summed E-state index contributed by atoms with van der Waals surface area (Å²) in [6.07, 6.45) is 1.38. The molecule has 1 heterocycles. The molecule has 4 nitrogen and oxygen atoms in total. The quantitative estimate of drug-likeness (QED) is 0.629. The van der Waals surface area contributed by atoms with E-state index in [9.17, 15) is 9.59 Å². The van der Waals surface area contributed by atoms with Crippen molar-refractivity contribution in [2.45, 2.75) is 19.3 Å². The van der Waals surface area contributed by atoms with Crippen LogP contribution in [0.1, 0.15) is 19.3 Å². The Morgan fingerprint density at radius 3 is 1.71 bits per heavy atom. The van der Waals surface area contributed by atoms with Gasteiger partial charge in [0, 0.05) is 11.5 Å². The number of esters is 2. The van der Waals surface area contributed by atoms with Crippen LogP contribution in [-0.2, 0) is 19.1 Å². The van der Waals surface area contributed by atoms with Crippen LogP contribution in [-0.4, -0.2) is 48.2 Å². The summed E-state index contributed by atoms with van der Waals surface area (Å²) in [6, 6.07) is 0. The van der Waals surface area contributed by atoms with Crippen molar-refractivity contribution in [3.8, 4) is 0 Å². The molecule has 1 fully saturated rings. The van der Waals surface area contributed by atoms with E-state index in [1.165, 1.54) is 0 Å². The normalized spacial score (nSPS) is 21.9. The number of hydrogen-bond acceptors (Lipinski definition) is 6. The summed E-state index contributed by atoms with van der Waals surface area (Å²) in [4.78, 5) is 22.4. The van der Waals surface area contributed by atoms with Crippen LogP contribution < -0.4 is 0 Å². The van der Waals surface area contributed by atoms with Crippen molar-refractivity contribution in [3.05, 3.63) is 0 Å². The largest absolute Gasteiger partial charge is 0.465 e. The Morgan fingerprint density at radius 1 is 0.765 bits per heavy atom. The van der Waals surface area contributed by atoms with Crippen LogP contribution in [0.4, 0.5) is 0 Å². The van der Waals surface area contributed by atoms with Crippen molar-refractivity contribution in [1.29, 1.82) is 0 Å². The molecule has 6 heteroatoms. The zero-order valence-corrected chi connectivity index (χ0v) is 11.4. The third kappa shape index (κ3) is 8.37. The van der Waals surface area contributed by atoms with E-state index in [2.05, 4.69) is 0 Å². The number of cyclic esters (lactones) is 2. The molecule has 1 rings (SSSR count). The Bertz CT molecular complexity index is 222. The SMILES string of the molecule is O=C1CCC(=O)OCCSCCCSCCO1. The second kappa shape index (κ2) is 9.65. The summed E-state index contributed by atoms with van der Waals surface area (Å²) in [5.41, 5.74) is 0. The molecule has 98 valence electrons. The van der Waals surface area contributed by atoms with E-state index in [1.54, 1.807) is 23.5 Å². The summed E-state index contributed by atoms with van der Waals surface area (Å²) < 4.78 is 9.99. The summed E-state index contributed by atoms with van der Waals surface area (Å²) in [5.74, 6) is 3.22. The van der Waals surface area contributed by atoms with E-state index in [0.717, 1.165) is 29.4 Å². The summed E-state index contributed by atoms with van der Waals surface area (Å²) in [5, 5.41) is 0. The highest BCUT2D eigenvalue weighted by atomic mass is 32.2. The fourth-order valence-electron chi connectivity index (χ4n) is 1.24. The van der Waals surface area contributed by atoms with Gasteiger partial charge in [0.05, 0.1) is 12.8 Å². The molecule has 17 heavy (non-hydrogen) atoms. The molecule has 0 aliphatic carbocycles. The van der Waals surface area contributed by atoms with Gasteiger partial charge in [0.1, 0.15) is 13.2 Å². The molecule has 0 radical (unpaired) electrons. The molecule has 0 aromatic carbocycles. The standard InChI is InChI=1S/C11H18O4S2/c12-10-2-3-11(13)15-5-9-17-7-1-6-16-8-4-14-10/h1-9H2. The highest BCUT2D eigenvalue weighted by Crippen LogP contribution is 2.09. The molecule has 0 unspecified atom stereocenters. The van der Waals surface area contributed by atoms with Crippen LogP contribution in [0.2, 0.25) is 0 Å². The number of carbonyl (C=O) groups excluding carboxylic acids is 2. The van der Waals surface area contributed by atoms with E-state index in [4.69, 9.17) is 9.47 Å². The van der Waals surface area contributed by atoms with Gasteiger partial charge in [-0.15, -0.1) is 0 Å². The lowest BCUT2D eigenvalue weighted by atomic mass is 10.3. The van der Waals surface area contributed by atoms with Crippen LogP contribution in [0.25, 0.3) is 0 Å². The van der Waals surface area contributed by atoms with Gasteiger partial charge in [-0.1, -0.05) is 0 Å². The lowest BCUT2D eigenvalue weighted by molar-refractivity contribution is -0.149. The van der Waals surface area contributed by atoms with E-state index in [1.807, 2.05) is 0 Å². The van der Waals surface area contributed by atoms with Gasteiger partial charge in [-0.25, -0.2) is 0 Å². The van der Waals surface area contributed by atoms with Crippen molar-refractivity contribution >= 4 is 35.5 Å². The molecule has 0 atom stereocenters. The minimum Gasteiger partial charge on any atom is -0.465 e. The topological polar surface area (TPSA) is 52.6 Å². The van der Waals surface area contributed by atoms with Gasteiger partial charge >= 0.3 is 11.9 Å². The molecule has 1 aliphatic heterocycles. The molecule has 1 aliphatic rings. The zero-order valence-electron chi connectivity index (χ0n) is 9.81. The van der Waals surface area contributed by atoms with Gasteiger partial charge in [0.25, 0.3) is 0 Å². The predicted molar refractivity (Wildman–Crippen MR) is 70.4 cm³/mol. The number of carbonyl (C=O) groups is 2. The molecule has 0 aromatic rings. The summed E-state index contributed by atoms with van der Waals surface area (Å²) in [6.45, 7) is 0.872. The fraction of sp³-hybridized carbons (Fsp3) is 0.818. The van der Waals surface area contributed by atoms with Crippen molar-refractivity contribution in [1.82, 2.24) is 0 Å². The molecule has 0 amide bonds. The van der Waals surface area contributed by atoms with E-state index in [-0.39, 0.29) is 24.8 Å². The average Bonchev–Trinajstić information content (AvgIpc) is 2.33. The number of thioether (sulfide) groups is 2.